The third-order valence-electron chi connectivity index (χ3n) is 7.60. The molecular weight excluding hydrogens is 426 g/mol. The molecule has 2 amide bonds. The van der Waals surface area contributed by atoms with Crippen LogP contribution in [-0.2, 0) is 24.1 Å². The third kappa shape index (κ3) is 4.39. The molecule has 0 spiro atoms. The molecule has 1 atom stereocenters. The van der Waals surface area contributed by atoms with E-state index in [1.807, 2.05) is 4.90 Å². The molecule has 2 aromatic rings. The molecule has 2 heterocycles. The number of aromatic amines is 1. The zero-order valence-corrected chi connectivity index (χ0v) is 18.9. The van der Waals surface area contributed by atoms with Crippen LogP contribution in [0.5, 0.6) is 0 Å². The Hall–Kier alpha value is -2.77. The Labute approximate surface area is 192 Å². The number of likely N-dealkylation sites (N-methyl/N-ethyl adjacent to an activating group) is 1. The van der Waals surface area contributed by atoms with Crippen LogP contribution in [0, 0.1) is 23.5 Å². The second kappa shape index (κ2) is 8.88. The number of aromatic nitrogens is 2. The Morgan fingerprint density at radius 3 is 2.64 bits per heavy atom. The van der Waals surface area contributed by atoms with Gasteiger partial charge in [0.15, 0.2) is 5.69 Å². The van der Waals surface area contributed by atoms with Crippen LogP contribution in [-0.4, -0.2) is 58.0 Å². The summed E-state index contributed by atoms with van der Waals surface area (Å²) in [6, 6.07) is 3.45. The van der Waals surface area contributed by atoms with E-state index in [0.717, 1.165) is 62.3 Å². The highest BCUT2D eigenvalue weighted by Crippen LogP contribution is 2.35. The van der Waals surface area contributed by atoms with Crippen LogP contribution >= 0.6 is 0 Å². The van der Waals surface area contributed by atoms with Crippen molar-refractivity contribution in [2.45, 2.75) is 57.4 Å². The van der Waals surface area contributed by atoms with Crippen molar-refractivity contribution in [3.63, 3.8) is 0 Å². The number of carbonyl (C=O) groups is 2. The maximum Gasteiger partial charge on any atom is 0.274 e. The molecule has 33 heavy (non-hydrogen) atoms. The lowest BCUT2D eigenvalue weighted by molar-refractivity contribution is -0.134. The Bertz CT molecular complexity index is 1060. The van der Waals surface area contributed by atoms with Gasteiger partial charge in [0.05, 0.1) is 0 Å². The zero-order valence-electron chi connectivity index (χ0n) is 18.9. The standard InChI is InChI=1S/C25H30F2N4O2/c1-30(24(32)16-5-6-16)22(13-17-7-8-18(26)14-20(17)27)15-9-11-31(12-10-15)25(33)23-19-3-2-4-21(19)28-29-23/h7-8,14-16,22H,2-6,9-13H2,1H3,(H,28,29)/t22-/m1/s1. The molecular formula is C25H30F2N4O2. The number of aryl methyl sites for hydroxylation is 1. The van der Waals surface area contributed by atoms with Gasteiger partial charge in [0.1, 0.15) is 11.6 Å². The van der Waals surface area contributed by atoms with Crippen molar-refractivity contribution in [3.8, 4) is 0 Å². The van der Waals surface area contributed by atoms with E-state index in [1.54, 1.807) is 11.9 Å². The summed E-state index contributed by atoms with van der Waals surface area (Å²) >= 11 is 0. The summed E-state index contributed by atoms with van der Waals surface area (Å²) in [5.74, 6) is -0.904. The molecule has 1 saturated heterocycles. The molecule has 2 aliphatic carbocycles. The molecule has 6 nitrogen and oxygen atoms in total. The van der Waals surface area contributed by atoms with Crippen LogP contribution in [0.3, 0.4) is 0 Å². The fourth-order valence-electron chi connectivity index (χ4n) is 5.45. The van der Waals surface area contributed by atoms with E-state index in [0.29, 0.717) is 30.8 Å². The molecule has 176 valence electrons. The van der Waals surface area contributed by atoms with Crippen molar-refractivity contribution in [2.24, 2.45) is 11.8 Å². The Balaban J connectivity index is 1.29. The third-order valence-corrected chi connectivity index (χ3v) is 7.60. The summed E-state index contributed by atoms with van der Waals surface area (Å²) in [7, 11) is 1.80. The maximum atomic E-state index is 14.4. The lowest BCUT2D eigenvalue weighted by Crippen LogP contribution is -2.49. The van der Waals surface area contributed by atoms with Crippen molar-refractivity contribution in [1.82, 2.24) is 20.0 Å². The number of halogens is 2. The summed E-state index contributed by atoms with van der Waals surface area (Å²) in [5.41, 5.74) is 3.10. The van der Waals surface area contributed by atoms with Gasteiger partial charge >= 0.3 is 0 Å². The van der Waals surface area contributed by atoms with Crippen LogP contribution in [0.2, 0.25) is 0 Å². The van der Waals surface area contributed by atoms with Gasteiger partial charge in [-0.3, -0.25) is 14.7 Å². The number of rotatable bonds is 6. The number of carbonyl (C=O) groups excluding carboxylic acids is 2. The average Bonchev–Trinajstić information content (AvgIpc) is 3.43. The van der Waals surface area contributed by atoms with Gasteiger partial charge in [0, 0.05) is 49.4 Å². The Morgan fingerprint density at radius 2 is 1.94 bits per heavy atom. The predicted octanol–water partition coefficient (Wildman–Crippen LogP) is 3.51. The van der Waals surface area contributed by atoms with E-state index in [4.69, 9.17) is 0 Å². The van der Waals surface area contributed by atoms with E-state index >= 15 is 0 Å². The lowest BCUT2D eigenvalue weighted by atomic mass is 9.84. The first-order valence-corrected chi connectivity index (χ1v) is 12.0. The number of likely N-dealkylation sites (tertiary alicyclic amines) is 1. The minimum atomic E-state index is -0.605. The van der Waals surface area contributed by atoms with E-state index in [1.165, 1.54) is 12.1 Å². The second-order valence-electron chi connectivity index (χ2n) is 9.74. The molecule has 0 radical (unpaired) electrons. The molecule has 1 N–H and O–H groups in total. The molecule has 1 aromatic carbocycles. The van der Waals surface area contributed by atoms with Gasteiger partial charge in [0.25, 0.3) is 5.91 Å². The fraction of sp³-hybridized carbons (Fsp3) is 0.560. The Kier molecular flexibility index (Phi) is 5.93. The number of benzene rings is 1. The maximum absolute atomic E-state index is 14.4. The van der Waals surface area contributed by atoms with E-state index < -0.39 is 11.6 Å². The van der Waals surface area contributed by atoms with Crippen molar-refractivity contribution in [1.29, 1.82) is 0 Å². The molecule has 5 rings (SSSR count). The van der Waals surface area contributed by atoms with Gasteiger partial charge in [-0.2, -0.15) is 5.10 Å². The summed E-state index contributed by atoms with van der Waals surface area (Å²) in [5, 5.41) is 7.29. The predicted molar refractivity (Wildman–Crippen MR) is 119 cm³/mol. The van der Waals surface area contributed by atoms with Gasteiger partial charge in [-0.05, 0) is 68.9 Å². The molecule has 8 heteroatoms. The number of piperidine rings is 1. The molecule has 1 aromatic heterocycles. The van der Waals surface area contributed by atoms with Gasteiger partial charge in [-0.15, -0.1) is 0 Å². The van der Waals surface area contributed by atoms with Crippen LogP contribution in [0.1, 0.15) is 59.4 Å². The SMILES string of the molecule is CN(C(=O)C1CC1)[C@H](Cc1ccc(F)cc1F)C1CCN(C(=O)c2n[nH]c3c2CCC3)CC1. The number of amides is 2. The molecule has 0 unspecified atom stereocenters. The number of H-pyrrole nitrogens is 1. The number of hydrogen-bond donors (Lipinski definition) is 1. The van der Waals surface area contributed by atoms with E-state index in [2.05, 4.69) is 10.2 Å². The first kappa shape index (κ1) is 22.0. The highest BCUT2D eigenvalue weighted by Gasteiger charge is 2.39. The lowest BCUT2D eigenvalue weighted by Gasteiger charge is -2.40. The highest BCUT2D eigenvalue weighted by atomic mass is 19.1. The largest absolute Gasteiger partial charge is 0.342 e. The number of fused-ring (bicyclic) bond motifs is 1. The van der Waals surface area contributed by atoms with Gasteiger partial charge < -0.3 is 9.80 Å². The molecule has 1 aliphatic heterocycles. The monoisotopic (exact) mass is 456 g/mol. The minimum Gasteiger partial charge on any atom is -0.342 e. The van der Waals surface area contributed by atoms with Crippen molar-refractivity contribution >= 4 is 11.8 Å². The van der Waals surface area contributed by atoms with Crippen LogP contribution in [0.15, 0.2) is 18.2 Å². The van der Waals surface area contributed by atoms with E-state index in [-0.39, 0.29) is 29.7 Å². The number of nitrogens with one attached hydrogen (secondary N) is 1. The van der Waals surface area contributed by atoms with Gasteiger partial charge in [0.2, 0.25) is 5.91 Å². The summed E-state index contributed by atoms with van der Waals surface area (Å²) in [4.78, 5) is 29.6. The minimum absolute atomic E-state index is 0.0311. The quantitative estimate of drug-likeness (QED) is 0.723. The second-order valence-corrected chi connectivity index (χ2v) is 9.74. The number of hydrogen-bond acceptors (Lipinski definition) is 3. The summed E-state index contributed by atoms with van der Waals surface area (Å²) in [6.07, 6.45) is 6.50. The van der Waals surface area contributed by atoms with Crippen molar-refractivity contribution < 1.29 is 18.4 Å². The topological polar surface area (TPSA) is 69.3 Å². The average molecular weight is 457 g/mol. The fourth-order valence-corrected chi connectivity index (χ4v) is 5.45. The molecule has 3 aliphatic rings. The van der Waals surface area contributed by atoms with Gasteiger partial charge in [-0.25, -0.2) is 8.78 Å². The summed E-state index contributed by atoms with van der Waals surface area (Å²) < 4.78 is 27.9. The normalized spacial score (nSPS) is 19.4. The molecule has 1 saturated carbocycles. The van der Waals surface area contributed by atoms with Crippen LogP contribution in [0.4, 0.5) is 8.78 Å². The van der Waals surface area contributed by atoms with Gasteiger partial charge in [-0.1, -0.05) is 6.07 Å². The summed E-state index contributed by atoms with van der Waals surface area (Å²) in [6.45, 7) is 1.16. The molecule has 0 bridgehead atoms. The van der Waals surface area contributed by atoms with E-state index in [9.17, 15) is 18.4 Å². The molecule has 2 fully saturated rings. The number of nitrogens with zero attached hydrogens (tertiary/aromatic N) is 3. The van der Waals surface area contributed by atoms with Crippen LogP contribution in [0.25, 0.3) is 0 Å². The smallest absolute Gasteiger partial charge is 0.274 e. The van der Waals surface area contributed by atoms with Crippen molar-refractivity contribution in [3.05, 3.63) is 52.3 Å². The highest BCUT2D eigenvalue weighted by molar-refractivity contribution is 5.94. The first-order valence-electron chi connectivity index (χ1n) is 12.0. The zero-order chi connectivity index (χ0) is 23.1. The van der Waals surface area contributed by atoms with Crippen LogP contribution < -0.4 is 0 Å². The van der Waals surface area contributed by atoms with Crippen molar-refractivity contribution in [2.75, 3.05) is 20.1 Å². The Morgan fingerprint density at radius 1 is 1.18 bits per heavy atom. The first-order chi connectivity index (χ1) is 15.9.